The van der Waals surface area contributed by atoms with Crippen LogP contribution in [-0.2, 0) is 4.74 Å². The lowest BCUT2D eigenvalue weighted by Gasteiger charge is -2.14. The number of fused-ring (bicyclic) bond motifs is 1. The van der Waals surface area contributed by atoms with E-state index < -0.39 is 17.6 Å². The molecule has 6 heteroatoms. The van der Waals surface area contributed by atoms with Gasteiger partial charge in [-0.25, -0.2) is 4.39 Å². The van der Waals surface area contributed by atoms with Gasteiger partial charge in [-0.1, -0.05) is 12.1 Å². The van der Waals surface area contributed by atoms with E-state index in [0.717, 1.165) is 4.90 Å². The maximum absolute atomic E-state index is 14.4. The van der Waals surface area contributed by atoms with Gasteiger partial charge < -0.3 is 10.1 Å². The maximum Gasteiger partial charge on any atom is 0.261 e. The minimum Gasteiger partial charge on any atom is -0.373 e. The van der Waals surface area contributed by atoms with Crippen molar-refractivity contribution >= 4 is 11.8 Å². The topological polar surface area (TPSA) is 58.6 Å². The maximum atomic E-state index is 14.4. The summed E-state index contributed by atoms with van der Waals surface area (Å²) in [5, 5.41) is 3.08. The molecule has 0 aliphatic carbocycles. The van der Waals surface area contributed by atoms with Crippen molar-refractivity contribution in [2.75, 3.05) is 26.2 Å². The molecular formula is C16H17FN2O3. The molecule has 1 aromatic rings. The van der Waals surface area contributed by atoms with Crippen LogP contribution in [0.3, 0.4) is 0 Å². The number of ether oxygens (including phenoxy) is 1. The Morgan fingerprint density at radius 1 is 1.32 bits per heavy atom. The summed E-state index contributed by atoms with van der Waals surface area (Å²) in [4.78, 5) is 25.4. The van der Waals surface area contributed by atoms with Crippen LogP contribution in [0.25, 0.3) is 0 Å². The Labute approximate surface area is 127 Å². The highest BCUT2D eigenvalue weighted by Crippen LogP contribution is 2.24. The molecule has 2 heterocycles. The van der Waals surface area contributed by atoms with Crippen molar-refractivity contribution in [3.8, 4) is 0 Å². The van der Waals surface area contributed by atoms with Crippen molar-refractivity contribution in [3.63, 3.8) is 0 Å². The van der Waals surface area contributed by atoms with E-state index in [1.807, 2.05) is 6.92 Å². The van der Waals surface area contributed by atoms with Gasteiger partial charge in [-0.15, -0.1) is 0 Å². The molecule has 0 unspecified atom stereocenters. The largest absolute Gasteiger partial charge is 0.373 e. The van der Waals surface area contributed by atoms with Crippen LogP contribution in [0.15, 0.2) is 35.7 Å². The van der Waals surface area contributed by atoms with Crippen LogP contribution in [0.2, 0.25) is 0 Å². The van der Waals surface area contributed by atoms with Crippen molar-refractivity contribution in [2.45, 2.75) is 13.0 Å². The zero-order chi connectivity index (χ0) is 15.7. The summed E-state index contributed by atoms with van der Waals surface area (Å²) in [7, 11) is 0. The van der Waals surface area contributed by atoms with Crippen LogP contribution in [0, 0.1) is 0 Å². The Balaban J connectivity index is 1.79. The van der Waals surface area contributed by atoms with Gasteiger partial charge in [0.1, 0.15) is 5.83 Å². The number of hydrogen-bond acceptors (Lipinski definition) is 4. The van der Waals surface area contributed by atoms with Crippen LogP contribution in [-0.4, -0.2) is 49.1 Å². The van der Waals surface area contributed by atoms with Crippen LogP contribution in [0.4, 0.5) is 4.39 Å². The Bertz CT molecular complexity index is 622. The van der Waals surface area contributed by atoms with Crippen LogP contribution < -0.4 is 5.32 Å². The molecule has 3 rings (SSSR count). The van der Waals surface area contributed by atoms with Crippen LogP contribution in [0.1, 0.15) is 27.6 Å². The predicted molar refractivity (Wildman–Crippen MR) is 78.2 cm³/mol. The molecule has 2 aliphatic rings. The molecule has 22 heavy (non-hydrogen) atoms. The van der Waals surface area contributed by atoms with Gasteiger partial charge in [-0.05, 0) is 19.1 Å². The first-order valence-corrected chi connectivity index (χ1v) is 7.22. The van der Waals surface area contributed by atoms with E-state index in [1.54, 1.807) is 24.3 Å². The molecule has 1 saturated heterocycles. The first kappa shape index (κ1) is 14.9. The van der Waals surface area contributed by atoms with Gasteiger partial charge in [-0.2, -0.15) is 0 Å². The van der Waals surface area contributed by atoms with Gasteiger partial charge >= 0.3 is 0 Å². The predicted octanol–water partition coefficient (Wildman–Crippen LogP) is 1.51. The van der Waals surface area contributed by atoms with Gasteiger partial charge in [0.2, 0.25) is 0 Å². The van der Waals surface area contributed by atoms with Crippen molar-refractivity contribution < 1.29 is 18.7 Å². The molecule has 1 fully saturated rings. The second-order valence-electron chi connectivity index (χ2n) is 5.50. The monoisotopic (exact) mass is 304 g/mol. The molecule has 0 saturated carbocycles. The SMILES string of the molecule is C[C@H]1CNCC(=C(F)CN2C(=O)c3ccccc3C2=O)CO1. The highest BCUT2D eigenvalue weighted by molar-refractivity contribution is 6.21. The number of carbonyl (C=O) groups is 2. The third kappa shape index (κ3) is 2.67. The highest BCUT2D eigenvalue weighted by Gasteiger charge is 2.36. The molecule has 1 atom stereocenters. The first-order valence-electron chi connectivity index (χ1n) is 7.22. The third-order valence-corrected chi connectivity index (χ3v) is 3.87. The quantitative estimate of drug-likeness (QED) is 0.842. The Hall–Kier alpha value is -2.05. The summed E-state index contributed by atoms with van der Waals surface area (Å²) in [6.45, 7) is 2.73. The zero-order valence-corrected chi connectivity index (χ0v) is 12.3. The average molecular weight is 304 g/mol. The molecule has 0 radical (unpaired) electrons. The fourth-order valence-corrected chi connectivity index (χ4v) is 2.59. The minimum atomic E-state index is -0.490. The highest BCUT2D eigenvalue weighted by atomic mass is 19.1. The van der Waals surface area contributed by atoms with Crippen molar-refractivity contribution in [1.82, 2.24) is 10.2 Å². The molecule has 0 spiro atoms. The number of hydrogen-bond donors (Lipinski definition) is 1. The van der Waals surface area contributed by atoms with Gasteiger partial charge in [0, 0.05) is 18.7 Å². The summed E-state index contributed by atoms with van der Waals surface area (Å²) < 4.78 is 19.9. The van der Waals surface area contributed by atoms with Gasteiger partial charge in [0.05, 0.1) is 30.4 Å². The molecule has 2 amide bonds. The summed E-state index contributed by atoms with van der Waals surface area (Å²) in [6, 6.07) is 6.54. The summed E-state index contributed by atoms with van der Waals surface area (Å²) in [6.07, 6.45) is 0.00426. The average Bonchev–Trinajstić information content (AvgIpc) is 2.69. The van der Waals surface area contributed by atoms with Gasteiger partial charge in [0.25, 0.3) is 11.8 Å². The lowest BCUT2D eigenvalue weighted by Crippen LogP contribution is -2.32. The Morgan fingerprint density at radius 2 is 1.95 bits per heavy atom. The fraction of sp³-hybridized carbons (Fsp3) is 0.375. The first-order chi connectivity index (χ1) is 10.6. The molecule has 2 aliphatic heterocycles. The summed E-state index contributed by atoms with van der Waals surface area (Å²) in [5.74, 6) is -1.39. The molecule has 0 bridgehead atoms. The lowest BCUT2D eigenvalue weighted by molar-refractivity contribution is 0.0655. The molecule has 116 valence electrons. The molecular weight excluding hydrogens is 287 g/mol. The number of imide groups is 1. The van der Waals surface area contributed by atoms with Crippen molar-refractivity contribution in [1.29, 1.82) is 0 Å². The summed E-state index contributed by atoms with van der Waals surface area (Å²) >= 11 is 0. The van der Waals surface area contributed by atoms with E-state index >= 15 is 0 Å². The standard InChI is InChI=1S/C16H17FN2O3/c1-10-6-18-7-11(9-22-10)14(17)8-19-15(20)12-4-2-3-5-13(12)16(19)21/h2-5,10,18H,6-9H2,1H3/t10-/m0/s1. The van der Waals surface area contributed by atoms with E-state index in [0.29, 0.717) is 29.8 Å². The van der Waals surface area contributed by atoms with E-state index in [4.69, 9.17) is 4.74 Å². The molecule has 5 nitrogen and oxygen atoms in total. The number of rotatable bonds is 2. The van der Waals surface area contributed by atoms with E-state index in [2.05, 4.69) is 5.32 Å². The van der Waals surface area contributed by atoms with Crippen LogP contribution >= 0.6 is 0 Å². The third-order valence-electron chi connectivity index (χ3n) is 3.87. The second kappa shape index (κ2) is 5.98. The number of carbonyl (C=O) groups excluding carboxylic acids is 2. The van der Waals surface area contributed by atoms with Crippen molar-refractivity contribution in [3.05, 3.63) is 46.8 Å². The van der Waals surface area contributed by atoms with E-state index in [-0.39, 0.29) is 19.3 Å². The summed E-state index contributed by atoms with van der Waals surface area (Å²) in [5.41, 5.74) is 1.10. The molecule has 1 N–H and O–H groups in total. The van der Waals surface area contributed by atoms with E-state index in [9.17, 15) is 14.0 Å². The normalized spacial score (nSPS) is 24.3. The fourth-order valence-electron chi connectivity index (χ4n) is 2.59. The van der Waals surface area contributed by atoms with E-state index in [1.165, 1.54) is 0 Å². The smallest absolute Gasteiger partial charge is 0.261 e. The molecule has 0 aromatic heterocycles. The second-order valence-corrected chi connectivity index (χ2v) is 5.50. The number of nitrogens with zero attached hydrogens (tertiary/aromatic N) is 1. The number of amides is 2. The number of nitrogens with one attached hydrogen (secondary N) is 1. The minimum absolute atomic E-state index is 0.00426. The zero-order valence-electron chi connectivity index (χ0n) is 12.3. The van der Waals surface area contributed by atoms with Gasteiger partial charge in [-0.3, -0.25) is 14.5 Å². The number of benzene rings is 1. The molecule has 1 aromatic carbocycles. The Kier molecular flexibility index (Phi) is 4.04. The number of halogens is 1. The van der Waals surface area contributed by atoms with Gasteiger partial charge in [0.15, 0.2) is 0 Å². The lowest BCUT2D eigenvalue weighted by atomic mass is 10.1. The Morgan fingerprint density at radius 3 is 2.59 bits per heavy atom. The van der Waals surface area contributed by atoms with Crippen LogP contribution in [0.5, 0.6) is 0 Å². The van der Waals surface area contributed by atoms with Crippen molar-refractivity contribution in [2.24, 2.45) is 0 Å².